The standard InChI is InChI=1S/C10H16O5S/c1-8(11)15-9(12)7-10(16(13)14)5-3-2-4-6-10/h2-7H2,1H3,(H,13,14). The number of esters is 2. The Hall–Kier alpha value is -0.750. The van der Waals surface area contributed by atoms with E-state index in [9.17, 15) is 18.4 Å². The number of ether oxygens (including phenoxy) is 1. The number of hydrogen-bond donors (Lipinski definition) is 1. The van der Waals surface area contributed by atoms with E-state index in [4.69, 9.17) is 0 Å². The number of rotatable bonds is 3. The van der Waals surface area contributed by atoms with Gasteiger partial charge in [-0.2, -0.15) is 0 Å². The summed E-state index contributed by atoms with van der Waals surface area (Å²) in [6, 6.07) is 0. The molecule has 0 amide bonds. The molecule has 1 unspecified atom stereocenters. The lowest BCUT2D eigenvalue weighted by Crippen LogP contribution is -2.39. The van der Waals surface area contributed by atoms with Crippen LogP contribution >= 0.6 is 0 Å². The maximum atomic E-state index is 11.3. The lowest BCUT2D eigenvalue weighted by Gasteiger charge is -2.32. The molecule has 1 atom stereocenters. The van der Waals surface area contributed by atoms with Gasteiger partial charge in [-0.05, 0) is 12.8 Å². The second-order valence-electron chi connectivity index (χ2n) is 4.14. The van der Waals surface area contributed by atoms with Crippen LogP contribution in [0.2, 0.25) is 0 Å². The quantitative estimate of drug-likeness (QED) is 0.464. The van der Waals surface area contributed by atoms with Gasteiger partial charge >= 0.3 is 11.9 Å². The average molecular weight is 248 g/mol. The minimum absolute atomic E-state index is 0.157. The van der Waals surface area contributed by atoms with Crippen LogP contribution < -0.4 is 0 Å². The molecule has 1 saturated carbocycles. The molecule has 0 aliphatic heterocycles. The molecule has 0 aromatic heterocycles. The van der Waals surface area contributed by atoms with Gasteiger partial charge in [0.2, 0.25) is 0 Å². The van der Waals surface area contributed by atoms with E-state index in [2.05, 4.69) is 4.74 Å². The molecule has 0 aromatic rings. The second kappa shape index (κ2) is 5.54. The van der Waals surface area contributed by atoms with E-state index in [1.807, 2.05) is 0 Å². The minimum Gasteiger partial charge on any atom is -0.393 e. The molecule has 0 radical (unpaired) electrons. The zero-order valence-electron chi connectivity index (χ0n) is 9.23. The highest BCUT2D eigenvalue weighted by atomic mass is 32.2. The van der Waals surface area contributed by atoms with E-state index in [0.29, 0.717) is 12.8 Å². The number of carbonyl (C=O) groups excluding carboxylic acids is 2. The molecule has 0 heterocycles. The number of carbonyl (C=O) groups is 2. The second-order valence-corrected chi connectivity index (χ2v) is 5.50. The van der Waals surface area contributed by atoms with Crippen LogP contribution in [-0.4, -0.2) is 25.4 Å². The topological polar surface area (TPSA) is 80.7 Å². The fourth-order valence-corrected chi connectivity index (χ4v) is 2.95. The van der Waals surface area contributed by atoms with Crippen molar-refractivity contribution in [3.05, 3.63) is 0 Å². The van der Waals surface area contributed by atoms with Crippen LogP contribution in [0.15, 0.2) is 0 Å². The van der Waals surface area contributed by atoms with Crippen molar-refractivity contribution < 1.29 is 23.1 Å². The molecule has 1 aliphatic carbocycles. The van der Waals surface area contributed by atoms with Crippen molar-refractivity contribution in [1.29, 1.82) is 0 Å². The molecule has 1 rings (SSSR count). The van der Waals surface area contributed by atoms with Crippen molar-refractivity contribution >= 4 is 23.0 Å². The monoisotopic (exact) mass is 248 g/mol. The van der Waals surface area contributed by atoms with Crippen LogP contribution in [0, 0.1) is 0 Å². The summed E-state index contributed by atoms with van der Waals surface area (Å²) in [6.07, 6.45) is 3.59. The summed E-state index contributed by atoms with van der Waals surface area (Å²) in [5.41, 5.74) is 0. The Morgan fingerprint density at radius 1 is 1.31 bits per heavy atom. The van der Waals surface area contributed by atoms with E-state index in [1.165, 1.54) is 0 Å². The van der Waals surface area contributed by atoms with Gasteiger partial charge in [0.25, 0.3) is 0 Å². The summed E-state index contributed by atoms with van der Waals surface area (Å²) in [4.78, 5) is 21.9. The normalized spacial score (nSPS) is 21.1. The fourth-order valence-electron chi connectivity index (χ4n) is 2.07. The molecule has 6 heteroatoms. The molecule has 1 fully saturated rings. The van der Waals surface area contributed by atoms with Crippen molar-refractivity contribution in [3.63, 3.8) is 0 Å². The third-order valence-corrected chi connectivity index (χ3v) is 4.15. The zero-order valence-corrected chi connectivity index (χ0v) is 10.0. The molecular formula is C10H16O5S. The third-order valence-electron chi connectivity index (χ3n) is 2.86. The summed E-state index contributed by atoms with van der Waals surface area (Å²) in [5, 5.41) is 0. The Morgan fingerprint density at radius 3 is 2.31 bits per heavy atom. The summed E-state index contributed by atoms with van der Waals surface area (Å²) < 4.78 is 24.1. The Kier molecular flexibility index (Phi) is 4.61. The lowest BCUT2D eigenvalue weighted by atomic mass is 9.86. The Bertz CT molecular complexity index is 306. The average Bonchev–Trinajstić information content (AvgIpc) is 2.17. The van der Waals surface area contributed by atoms with Crippen LogP contribution in [0.5, 0.6) is 0 Å². The smallest absolute Gasteiger partial charge is 0.315 e. The van der Waals surface area contributed by atoms with Gasteiger partial charge in [0, 0.05) is 6.92 Å². The predicted molar refractivity (Wildman–Crippen MR) is 58.0 cm³/mol. The molecular weight excluding hydrogens is 232 g/mol. The first-order chi connectivity index (χ1) is 7.46. The highest BCUT2D eigenvalue weighted by Gasteiger charge is 2.40. The van der Waals surface area contributed by atoms with Crippen molar-refractivity contribution in [1.82, 2.24) is 0 Å². The molecule has 16 heavy (non-hydrogen) atoms. The first kappa shape index (κ1) is 13.3. The molecule has 5 nitrogen and oxygen atoms in total. The summed E-state index contributed by atoms with van der Waals surface area (Å²) in [5.74, 6) is -1.39. The first-order valence-electron chi connectivity index (χ1n) is 5.28. The summed E-state index contributed by atoms with van der Waals surface area (Å²) in [6.45, 7) is 1.14. The summed E-state index contributed by atoms with van der Waals surface area (Å²) >= 11 is -2.06. The molecule has 1 aliphatic rings. The highest BCUT2D eigenvalue weighted by Crippen LogP contribution is 2.35. The van der Waals surface area contributed by atoms with E-state index in [-0.39, 0.29) is 6.42 Å². The lowest BCUT2D eigenvalue weighted by molar-refractivity contribution is -0.158. The maximum Gasteiger partial charge on any atom is 0.315 e. The Morgan fingerprint density at radius 2 is 1.88 bits per heavy atom. The van der Waals surface area contributed by atoms with Crippen LogP contribution in [0.3, 0.4) is 0 Å². The van der Waals surface area contributed by atoms with Gasteiger partial charge < -0.3 is 9.29 Å². The largest absolute Gasteiger partial charge is 0.393 e. The van der Waals surface area contributed by atoms with Gasteiger partial charge in [-0.25, -0.2) is 4.21 Å². The van der Waals surface area contributed by atoms with Crippen molar-refractivity contribution in [2.75, 3.05) is 0 Å². The van der Waals surface area contributed by atoms with E-state index < -0.39 is 27.8 Å². The molecule has 92 valence electrons. The van der Waals surface area contributed by atoms with Gasteiger partial charge in [-0.3, -0.25) is 9.59 Å². The van der Waals surface area contributed by atoms with Crippen molar-refractivity contribution in [2.45, 2.75) is 50.2 Å². The van der Waals surface area contributed by atoms with Gasteiger partial charge in [0.15, 0.2) is 11.1 Å². The van der Waals surface area contributed by atoms with Gasteiger partial charge in [0.05, 0.1) is 11.2 Å². The van der Waals surface area contributed by atoms with Crippen LogP contribution in [0.1, 0.15) is 45.4 Å². The molecule has 0 aromatic carbocycles. The minimum atomic E-state index is -2.06. The number of hydrogen-bond acceptors (Lipinski definition) is 4. The van der Waals surface area contributed by atoms with Gasteiger partial charge in [-0.15, -0.1) is 0 Å². The van der Waals surface area contributed by atoms with Crippen LogP contribution in [0.25, 0.3) is 0 Å². The first-order valence-corrected chi connectivity index (χ1v) is 6.39. The third kappa shape index (κ3) is 3.38. The van der Waals surface area contributed by atoms with Crippen molar-refractivity contribution in [3.8, 4) is 0 Å². The van der Waals surface area contributed by atoms with E-state index in [0.717, 1.165) is 26.2 Å². The highest BCUT2D eigenvalue weighted by molar-refractivity contribution is 7.80. The van der Waals surface area contributed by atoms with Gasteiger partial charge in [0.1, 0.15) is 0 Å². The van der Waals surface area contributed by atoms with Crippen LogP contribution in [-0.2, 0) is 25.4 Å². The Labute approximate surface area is 96.8 Å². The summed E-state index contributed by atoms with van der Waals surface area (Å²) in [7, 11) is 0. The molecule has 0 saturated heterocycles. The molecule has 0 bridgehead atoms. The predicted octanol–water partition coefficient (Wildman–Crippen LogP) is 1.39. The molecule has 1 N–H and O–H groups in total. The van der Waals surface area contributed by atoms with E-state index >= 15 is 0 Å². The maximum absolute atomic E-state index is 11.3. The van der Waals surface area contributed by atoms with Crippen LogP contribution in [0.4, 0.5) is 0 Å². The van der Waals surface area contributed by atoms with Crippen molar-refractivity contribution in [2.24, 2.45) is 0 Å². The zero-order chi connectivity index (χ0) is 12.2. The van der Waals surface area contributed by atoms with E-state index in [1.54, 1.807) is 0 Å². The Balaban J connectivity index is 2.67. The fraction of sp³-hybridized carbons (Fsp3) is 0.800. The SMILES string of the molecule is CC(=O)OC(=O)CC1(S(=O)O)CCCCC1. The molecule has 0 spiro atoms. The van der Waals surface area contributed by atoms with Gasteiger partial charge in [-0.1, -0.05) is 19.3 Å².